The number of rotatable bonds is 5. The number of carboxylic acids is 1. The maximum Gasteiger partial charge on any atom is 0.328 e. The van der Waals surface area contributed by atoms with Gasteiger partial charge in [0.15, 0.2) is 11.6 Å². The van der Waals surface area contributed by atoms with Crippen molar-refractivity contribution in [2.75, 3.05) is 0 Å². The van der Waals surface area contributed by atoms with Gasteiger partial charge in [-0.3, -0.25) is 0 Å². The SMILES string of the molecule is O=C(O)/C=C/c1ccsc1COc1c(F)cccc1Cl. The van der Waals surface area contributed by atoms with Crippen molar-refractivity contribution in [1.29, 1.82) is 0 Å². The molecule has 0 radical (unpaired) electrons. The van der Waals surface area contributed by atoms with Gasteiger partial charge in [0.05, 0.1) is 5.02 Å². The average molecular weight is 313 g/mol. The predicted octanol–water partition coefficient (Wildman–Crippen LogP) is 4.22. The van der Waals surface area contributed by atoms with Crippen molar-refractivity contribution in [2.24, 2.45) is 0 Å². The van der Waals surface area contributed by atoms with Crippen molar-refractivity contribution in [3.63, 3.8) is 0 Å². The Labute approximate surface area is 123 Å². The van der Waals surface area contributed by atoms with Gasteiger partial charge in [-0.15, -0.1) is 11.3 Å². The van der Waals surface area contributed by atoms with Gasteiger partial charge < -0.3 is 9.84 Å². The van der Waals surface area contributed by atoms with Gasteiger partial charge in [-0.1, -0.05) is 17.7 Å². The van der Waals surface area contributed by atoms with E-state index in [1.807, 2.05) is 5.38 Å². The number of benzene rings is 1. The normalized spacial score (nSPS) is 10.9. The lowest BCUT2D eigenvalue weighted by molar-refractivity contribution is -0.131. The van der Waals surface area contributed by atoms with Crippen LogP contribution in [0.4, 0.5) is 4.39 Å². The fourth-order valence-corrected chi connectivity index (χ4v) is 2.53. The molecule has 0 amide bonds. The number of halogens is 2. The van der Waals surface area contributed by atoms with Gasteiger partial charge >= 0.3 is 5.97 Å². The smallest absolute Gasteiger partial charge is 0.328 e. The van der Waals surface area contributed by atoms with E-state index in [0.717, 1.165) is 16.5 Å². The molecule has 20 heavy (non-hydrogen) atoms. The second kappa shape index (κ2) is 6.54. The highest BCUT2D eigenvalue weighted by Gasteiger charge is 2.10. The van der Waals surface area contributed by atoms with Crippen LogP contribution in [-0.2, 0) is 11.4 Å². The van der Waals surface area contributed by atoms with Crippen molar-refractivity contribution in [3.8, 4) is 5.75 Å². The fourth-order valence-electron chi connectivity index (χ4n) is 1.54. The van der Waals surface area contributed by atoms with Crippen molar-refractivity contribution in [2.45, 2.75) is 6.61 Å². The van der Waals surface area contributed by atoms with E-state index >= 15 is 0 Å². The first kappa shape index (κ1) is 14.6. The Morgan fingerprint density at radius 1 is 1.45 bits per heavy atom. The highest BCUT2D eigenvalue weighted by molar-refractivity contribution is 7.10. The lowest BCUT2D eigenvalue weighted by Gasteiger charge is -2.08. The first-order valence-electron chi connectivity index (χ1n) is 5.62. The van der Waals surface area contributed by atoms with E-state index in [2.05, 4.69) is 0 Å². The van der Waals surface area contributed by atoms with Crippen LogP contribution in [0.1, 0.15) is 10.4 Å². The monoisotopic (exact) mass is 312 g/mol. The maximum atomic E-state index is 13.5. The van der Waals surface area contributed by atoms with E-state index in [1.54, 1.807) is 12.1 Å². The van der Waals surface area contributed by atoms with Gasteiger partial charge in [-0.05, 0) is 35.2 Å². The Morgan fingerprint density at radius 2 is 2.25 bits per heavy atom. The van der Waals surface area contributed by atoms with Crippen LogP contribution in [0.25, 0.3) is 6.08 Å². The number of carbonyl (C=O) groups is 1. The summed E-state index contributed by atoms with van der Waals surface area (Å²) in [5.41, 5.74) is 0.727. The lowest BCUT2D eigenvalue weighted by atomic mass is 10.2. The van der Waals surface area contributed by atoms with Gasteiger partial charge in [0.1, 0.15) is 6.61 Å². The van der Waals surface area contributed by atoms with Crippen molar-refractivity contribution in [3.05, 3.63) is 57.0 Å². The summed E-state index contributed by atoms with van der Waals surface area (Å²) in [4.78, 5) is 11.3. The molecule has 6 heteroatoms. The molecular weight excluding hydrogens is 303 g/mol. The first-order valence-corrected chi connectivity index (χ1v) is 6.88. The summed E-state index contributed by atoms with van der Waals surface area (Å²) in [5.74, 6) is -1.56. The molecule has 2 rings (SSSR count). The Balaban J connectivity index is 2.12. The molecule has 2 aromatic rings. The maximum absolute atomic E-state index is 13.5. The molecular formula is C14H10ClFO3S. The third-order valence-corrected chi connectivity index (χ3v) is 3.66. The molecule has 0 saturated carbocycles. The molecule has 1 aromatic carbocycles. The van der Waals surface area contributed by atoms with Gasteiger partial charge in [-0.25, -0.2) is 9.18 Å². The van der Waals surface area contributed by atoms with Crippen molar-refractivity contribution >= 4 is 35.0 Å². The minimum atomic E-state index is -1.03. The second-order valence-electron chi connectivity index (χ2n) is 3.81. The Hall–Kier alpha value is -1.85. The van der Waals surface area contributed by atoms with Crippen LogP contribution >= 0.6 is 22.9 Å². The molecule has 1 aromatic heterocycles. The molecule has 0 bridgehead atoms. The van der Waals surface area contributed by atoms with Crippen LogP contribution in [0, 0.1) is 5.82 Å². The van der Waals surface area contributed by atoms with Crippen LogP contribution in [0.5, 0.6) is 5.75 Å². The molecule has 0 fully saturated rings. The fraction of sp³-hybridized carbons (Fsp3) is 0.0714. The van der Waals surface area contributed by atoms with Crippen LogP contribution in [0.3, 0.4) is 0 Å². The predicted molar refractivity (Wildman–Crippen MR) is 76.7 cm³/mol. The second-order valence-corrected chi connectivity index (χ2v) is 5.22. The van der Waals surface area contributed by atoms with E-state index in [9.17, 15) is 9.18 Å². The van der Waals surface area contributed by atoms with Gasteiger partial charge in [0.25, 0.3) is 0 Å². The van der Waals surface area contributed by atoms with Crippen LogP contribution in [0.15, 0.2) is 35.7 Å². The molecule has 1 N–H and O–H groups in total. The highest BCUT2D eigenvalue weighted by Crippen LogP contribution is 2.29. The van der Waals surface area contributed by atoms with E-state index < -0.39 is 11.8 Å². The lowest BCUT2D eigenvalue weighted by Crippen LogP contribution is -1.97. The number of ether oxygens (including phenoxy) is 1. The van der Waals surface area contributed by atoms with Crippen LogP contribution in [0.2, 0.25) is 5.02 Å². The average Bonchev–Trinajstić information content (AvgIpc) is 2.83. The zero-order valence-electron chi connectivity index (χ0n) is 10.2. The van der Waals surface area contributed by atoms with Gasteiger partial charge in [-0.2, -0.15) is 0 Å². The number of carboxylic acid groups (broad SMARTS) is 1. The molecule has 0 saturated heterocycles. The Bertz CT molecular complexity index is 631. The largest absolute Gasteiger partial charge is 0.483 e. The minimum Gasteiger partial charge on any atom is -0.483 e. The van der Waals surface area contributed by atoms with E-state index in [4.69, 9.17) is 21.4 Å². The minimum absolute atomic E-state index is 0.00395. The van der Waals surface area contributed by atoms with E-state index in [0.29, 0.717) is 0 Å². The summed E-state index contributed by atoms with van der Waals surface area (Å²) in [6.07, 6.45) is 2.52. The topological polar surface area (TPSA) is 46.5 Å². The van der Waals surface area contributed by atoms with Gasteiger partial charge in [0, 0.05) is 11.0 Å². The number of thiophene rings is 1. The molecule has 0 aliphatic heterocycles. The third-order valence-electron chi connectivity index (χ3n) is 2.45. The Kier molecular flexibility index (Phi) is 4.76. The van der Waals surface area contributed by atoms with Crippen molar-refractivity contribution in [1.82, 2.24) is 0 Å². The summed E-state index contributed by atoms with van der Waals surface area (Å²) >= 11 is 7.26. The first-order chi connectivity index (χ1) is 9.58. The zero-order valence-corrected chi connectivity index (χ0v) is 11.7. The standard InChI is InChI=1S/C14H10ClFO3S/c15-10-2-1-3-11(16)14(10)19-8-12-9(6-7-20-12)4-5-13(17)18/h1-7H,8H2,(H,17,18)/b5-4+. The molecule has 104 valence electrons. The summed E-state index contributed by atoms with van der Waals surface area (Å²) in [6, 6.07) is 6.07. The number of hydrogen-bond donors (Lipinski definition) is 1. The molecule has 0 aliphatic carbocycles. The van der Waals surface area contributed by atoms with E-state index in [1.165, 1.54) is 29.5 Å². The molecule has 0 spiro atoms. The van der Waals surface area contributed by atoms with Gasteiger partial charge in [0.2, 0.25) is 0 Å². The molecule has 1 heterocycles. The summed E-state index contributed by atoms with van der Waals surface area (Å²) in [7, 11) is 0. The molecule has 3 nitrogen and oxygen atoms in total. The summed E-state index contributed by atoms with van der Waals surface area (Å²) < 4.78 is 18.9. The molecule has 0 aliphatic rings. The van der Waals surface area contributed by atoms with Crippen LogP contribution < -0.4 is 4.74 Å². The Morgan fingerprint density at radius 3 is 2.95 bits per heavy atom. The van der Waals surface area contributed by atoms with Crippen molar-refractivity contribution < 1.29 is 19.0 Å². The number of hydrogen-bond acceptors (Lipinski definition) is 3. The number of aliphatic carboxylic acids is 1. The molecule has 0 unspecified atom stereocenters. The third kappa shape index (κ3) is 3.59. The summed E-state index contributed by atoms with van der Waals surface area (Å²) in [5, 5.41) is 10.6. The molecule has 0 atom stereocenters. The number of para-hydroxylation sites is 1. The quantitative estimate of drug-likeness (QED) is 0.841. The highest BCUT2D eigenvalue weighted by atomic mass is 35.5. The zero-order chi connectivity index (χ0) is 14.5. The van der Waals surface area contributed by atoms with Crippen LogP contribution in [-0.4, -0.2) is 11.1 Å². The van der Waals surface area contributed by atoms with E-state index in [-0.39, 0.29) is 17.4 Å². The summed E-state index contributed by atoms with van der Waals surface area (Å²) in [6.45, 7) is 0.123.